The standard InChI is InChI=1S/C15H29N3O3/c1-12(2)18(10-7-11-19)14(20)15(13(16)17-21)8-5-3-4-6-9-15/h12,19,21H,3-11H2,1-2H3,(H2,16,17). The number of carbonyl (C=O) groups excluding carboxylic acids is 1. The zero-order chi connectivity index (χ0) is 15.9. The van der Waals surface area contributed by atoms with E-state index in [1.54, 1.807) is 4.90 Å². The minimum atomic E-state index is -0.884. The molecule has 0 aromatic heterocycles. The molecule has 6 nitrogen and oxygen atoms in total. The first kappa shape index (κ1) is 17.8. The Bertz CT molecular complexity index is 361. The summed E-state index contributed by atoms with van der Waals surface area (Å²) in [7, 11) is 0. The Kier molecular flexibility index (Phi) is 6.95. The normalized spacial score (nSPS) is 19.3. The van der Waals surface area contributed by atoms with Crippen LogP contribution in [0.1, 0.15) is 58.8 Å². The molecule has 0 atom stereocenters. The van der Waals surface area contributed by atoms with Crippen LogP contribution in [-0.4, -0.2) is 46.1 Å². The van der Waals surface area contributed by atoms with Gasteiger partial charge in [-0.05, 0) is 33.1 Å². The minimum absolute atomic E-state index is 0.0238. The molecule has 0 aromatic carbocycles. The fourth-order valence-electron chi connectivity index (χ4n) is 3.12. The van der Waals surface area contributed by atoms with Crippen LogP contribution in [0, 0.1) is 5.41 Å². The van der Waals surface area contributed by atoms with Crippen molar-refractivity contribution in [3.63, 3.8) is 0 Å². The number of amidine groups is 1. The third-order valence-electron chi connectivity index (χ3n) is 4.41. The molecule has 0 bridgehead atoms. The summed E-state index contributed by atoms with van der Waals surface area (Å²) < 4.78 is 0. The van der Waals surface area contributed by atoms with Crippen LogP contribution in [0.5, 0.6) is 0 Å². The van der Waals surface area contributed by atoms with Gasteiger partial charge in [0.05, 0.1) is 0 Å². The number of carbonyl (C=O) groups is 1. The van der Waals surface area contributed by atoms with Crippen molar-refractivity contribution in [1.29, 1.82) is 0 Å². The lowest BCUT2D eigenvalue weighted by molar-refractivity contribution is -0.141. The summed E-state index contributed by atoms with van der Waals surface area (Å²) >= 11 is 0. The van der Waals surface area contributed by atoms with Gasteiger partial charge in [-0.1, -0.05) is 30.8 Å². The van der Waals surface area contributed by atoms with Crippen molar-refractivity contribution in [2.75, 3.05) is 13.2 Å². The van der Waals surface area contributed by atoms with Gasteiger partial charge < -0.3 is 20.9 Å². The largest absolute Gasteiger partial charge is 0.409 e. The molecule has 122 valence electrons. The van der Waals surface area contributed by atoms with Gasteiger partial charge in [0.25, 0.3) is 0 Å². The second-order valence-corrected chi connectivity index (χ2v) is 6.15. The molecule has 0 spiro atoms. The fourth-order valence-corrected chi connectivity index (χ4v) is 3.12. The molecule has 1 rings (SSSR count). The van der Waals surface area contributed by atoms with Crippen LogP contribution in [0.15, 0.2) is 5.16 Å². The van der Waals surface area contributed by atoms with Gasteiger partial charge in [-0.2, -0.15) is 0 Å². The number of hydrogen-bond acceptors (Lipinski definition) is 4. The van der Waals surface area contributed by atoms with Gasteiger partial charge in [0.15, 0.2) is 5.84 Å². The maximum Gasteiger partial charge on any atom is 0.236 e. The maximum atomic E-state index is 13.1. The molecular formula is C15H29N3O3. The summed E-state index contributed by atoms with van der Waals surface area (Å²) in [5, 5.41) is 21.3. The molecule has 21 heavy (non-hydrogen) atoms. The highest BCUT2D eigenvalue weighted by atomic mass is 16.4. The highest BCUT2D eigenvalue weighted by Crippen LogP contribution is 2.37. The van der Waals surface area contributed by atoms with Crippen molar-refractivity contribution in [3.05, 3.63) is 0 Å². The van der Waals surface area contributed by atoms with E-state index in [4.69, 9.17) is 16.0 Å². The highest BCUT2D eigenvalue weighted by molar-refractivity contribution is 6.06. The van der Waals surface area contributed by atoms with Crippen molar-refractivity contribution in [1.82, 2.24) is 4.90 Å². The third-order valence-corrected chi connectivity index (χ3v) is 4.41. The Morgan fingerprint density at radius 2 is 1.86 bits per heavy atom. The lowest BCUT2D eigenvalue weighted by atomic mass is 9.77. The lowest BCUT2D eigenvalue weighted by Gasteiger charge is -2.37. The first-order valence-electron chi connectivity index (χ1n) is 7.89. The van der Waals surface area contributed by atoms with Crippen LogP contribution >= 0.6 is 0 Å². The average Bonchev–Trinajstić information content (AvgIpc) is 2.73. The molecule has 0 aromatic rings. The van der Waals surface area contributed by atoms with Crippen molar-refractivity contribution in [2.24, 2.45) is 16.3 Å². The number of oxime groups is 1. The molecule has 1 saturated carbocycles. The number of nitrogens with zero attached hydrogens (tertiary/aromatic N) is 2. The predicted octanol–water partition coefficient (Wildman–Crippen LogP) is 1.69. The van der Waals surface area contributed by atoms with Gasteiger partial charge in [-0.25, -0.2) is 0 Å². The zero-order valence-electron chi connectivity index (χ0n) is 13.2. The topological polar surface area (TPSA) is 99.2 Å². The fraction of sp³-hybridized carbons (Fsp3) is 0.867. The molecule has 0 aliphatic heterocycles. The Hall–Kier alpha value is -1.30. The number of aliphatic hydroxyl groups excluding tert-OH is 1. The number of amides is 1. The quantitative estimate of drug-likeness (QED) is 0.228. The van der Waals surface area contributed by atoms with Crippen molar-refractivity contribution >= 4 is 11.7 Å². The Labute approximate surface area is 127 Å². The monoisotopic (exact) mass is 299 g/mol. The second-order valence-electron chi connectivity index (χ2n) is 6.15. The first-order valence-corrected chi connectivity index (χ1v) is 7.89. The smallest absolute Gasteiger partial charge is 0.236 e. The van der Waals surface area contributed by atoms with E-state index in [0.717, 1.165) is 25.7 Å². The van der Waals surface area contributed by atoms with Crippen molar-refractivity contribution < 1.29 is 15.1 Å². The summed E-state index contributed by atoms with van der Waals surface area (Å²) in [4.78, 5) is 14.8. The second kappa shape index (κ2) is 8.22. The molecule has 1 aliphatic rings. The lowest BCUT2D eigenvalue weighted by Crippen LogP contribution is -2.53. The summed E-state index contributed by atoms with van der Waals surface area (Å²) in [5.74, 6) is -0.0350. The van der Waals surface area contributed by atoms with E-state index >= 15 is 0 Å². The van der Waals surface area contributed by atoms with Gasteiger partial charge in [0, 0.05) is 19.2 Å². The molecule has 1 amide bonds. The minimum Gasteiger partial charge on any atom is -0.409 e. The molecule has 6 heteroatoms. The van der Waals surface area contributed by atoms with Crippen LogP contribution in [0.3, 0.4) is 0 Å². The third kappa shape index (κ3) is 4.09. The van der Waals surface area contributed by atoms with Crippen LogP contribution < -0.4 is 5.73 Å². The molecule has 4 N–H and O–H groups in total. The molecule has 1 fully saturated rings. The molecule has 0 heterocycles. The summed E-state index contributed by atoms with van der Waals surface area (Å²) in [6.07, 6.45) is 5.77. The van der Waals surface area contributed by atoms with E-state index < -0.39 is 5.41 Å². The number of aliphatic hydroxyl groups is 1. The van der Waals surface area contributed by atoms with E-state index in [0.29, 0.717) is 25.8 Å². The van der Waals surface area contributed by atoms with Gasteiger partial charge >= 0.3 is 0 Å². The summed E-state index contributed by atoms with van der Waals surface area (Å²) in [6.45, 7) is 4.44. The Morgan fingerprint density at radius 1 is 1.29 bits per heavy atom. The number of rotatable bonds is 6. The molecule has 0 saturated heterocycles. The number of hydrogen-bond donors (Lipinski definition) is 3. The van der Waals surface area contributed by atoms with Gasteiger partial charge in [0.2, 0.25) is 5.91 Å². The highest BCUT2D eigenvalue weighted by Gasteiger charge is 2.45. The van der Waals surface area contributed by atoms with Crippen LogP contribution in [0.4, 0.5) is 0 Å². The Balaban J connectivity index is 3.07. The number of nitrogens with two attached hydrogens (primary N) is 1. The van der Waals surface area contributed by atoms with E-state index in [1.165, 1.54) is 0 Å². The molecular weight excluding hydrogens is 270 g/mol. The van der Waals surface area contributed by atoms with Crippen molar-refractivity contribution in [2.45, 2.75) is 64.8 Å². The molecule has 0 radical (unpaired) electrons. The van der Waals surface area contributed by atoms with Gasteiger partial charge in [-0.3, -0.25) is 4.79 Å². The first-order chi connectivity index (χ1) is 9.99. The van der Waals surface area contributed by atoms with Crippen LogP contribution in [-0.2, 0) is 4.79 Å². The molecule has 0 unspecified atom stereocenters. The van der Waals surface area contributed by atoms with Gasteiger partial charge in [0.1, 0.15) is 5.41 Å². The predicted molar refractivity (Wildman–Crippen MR) is 82.1 cm³/mol. The van der Waals surface area contributed by atoms with Crippen molar-refractivity contribution in [3.8, 4) is 0 Å². The zero-order valence-corrected chi connectivity index (χ0v) is 13.2. The average molecular weight is 299 g/mol. The Morgan fingerprint density at radius 3 is 2.29 bits per heavy atom. The summed E-state index contributed by atoms with van der Waals surface area (Å²) in [6, 6.07) is 0.0238. The summed E-state index contributed by atoms with van der Waals surface area (Å²) in [5.41, 5.74) is 5.04. The maximum absolute atomic E-state index is 13.1. The van der Waals surface area contributed by atoms with E-state index in [2.05, 4.69) is 5.16 Å². The van der Waals surface area contributed by atoms with Crippen LogP contribution in [0.2, 0.25) is 0 Å². The van der Waals surface area contributed by atoms with E-state index in [1.807, 2.05) is 13.8 Å². The molecule has 1 aliphatic carbocycles. The van der Waals surface area contributed by atoms with E-state index in [9.17, 15) is 4.79 Å². The van der Waals surface area contributed by atoms with E-state index in [-0.39, 0.29) is 24.4 Å². The van der Waals surface area contributed by atoms with Crippen LogP contribution in [0.25, 0.3) is 0 Å². The SMILES string of the molecule is CC(C)N(CCCO)C(=O)C1(C(N)=NO)CCCCCC1. The van der Waals surface area contributed by atoms with Gasteiger partial charge in [-0.15, -0.1) is 0 Å².